The molecule has 3 aromatic rings. The molecule has 0 spiro atoms. The highest BCUT2D eigenvalue weighted by atomic mass is 79.9. The fourth-order valence-corrected chi connectivity index (χ4v) is 4.55. The van der Waals surface area contributed by atoms with Crippen LogP contribution in [0.3, 0.4) is 0 Å². The number of fused-ring (bicyclic) bond motifs is 1. The second-order valence-electron chi connectivity index (χ2n) is 8.01. The minimum Gasteiger partial charge on any atom is -0.406 e. The summed E-state index contributed by atoms with van der Waals surface area (Å²) in [6.45, 7) is 1.74. The van der Waals surface area contributed by atoms with Gasteiger partial charge in [-0.25, -0.2) is 4.98 Å². The van der Waals surface area contributed by atoms with Crippen LogP contribution >= 0.6 is 15.9 Å². The van der Waals surface area contributed by atoms with Crippen LogP contribution in [-0.2, 0) is 13.6 Å². The Morgan fingerprint density at radius 1 is 1.18 bits per heavy atom. The first-order valence-corrected chi connectivity index (χ1v) is 11.2. The van der Waals surface area contributed by atoms with Gasteiger partial charge in [0.15, 0.2) is 11.3 Å². The highest BCUT2D eigenvalue weighted by Crippen LogP contribution is 2.27. The lowest BCUT2D eigenvalue weighted by Crippen LogP contribution is -2.45. The number of pyridine rings is 1. The number of halogens is 4. The third-order valence-electron chi connectivity index (χ3n) is 5.82. The normalized spacial score (nSPS) is 15.4. The van der Waals surface area contributed by atoms with Gasteiger partial charge in [-0.15, -0.1) is 13.2 Å². The van der Waals surface area contributed by atoms with E-state index in [2.05, 4.69) is 30.6 Å². The van der Waals surface area contributed by atoms with Crippen LogP contribution in [0.25, 0.3) is 11.2 Å². The quantitative estimate of drug-likeness (QED) is 0.473. The first-order chi connectivity index (χ1) is 16.1. The SMILES string of the molecule is Cn1c(=O)c(=O)n(C2CCN(Cc3ccc(OC(F)(F)F)cc3)CC2)c2nc(C#N)c(Br)cc21. The average Bonchev–Trinajstić information content (AvgIpc) is 2.79. The molecule has 8 nitrogen and oxygen atoms in total. The molecular weight excluding hydrogens is 519 g/mol. The Kier molecular flexibility index (Phi) is 6.51. The standard InChI is InChI=1S/C22H19BrF3N5O3/c1-29-18-10-16(23)17(11-27)28-19(18)31(21(33)20(29)32)14-6-8-30(9-7-14)12-13-2-4-15(5-3-13)34-22(24,25)26/h2-5,10,14H,6-9,12H2,1H3. The molecule has 12 heteroatoms. The van der Waals surface area contributed by atoms with Crippen LogP contribution in [0.5, 0.6) is 5.75 Å². The molecule has 0 unspecified atom stereocenters. The number of hydrogen-bond donors (Lipinski definition) is 0. The summed E-state index contributed by atoms with van der Waals surface area (Å²) in [4.78, 5) is 31.9. The highest BCUT2D eigenvalue weighted by Gasteiger charge is 2.31. The molecule has 178 valence electrons. The second-order valence-corrected chi connectivity index (χ2v) is 8.87. The lowest BCUT2D eigenvalue weighted by Gasteiger charge is -2.33. The summed E-state index contributed by atoms with van der Waals surface area (Å²) >= 11 is 3.28. The molecule has 1 aliphatic heterocycles. The largest absolute Gasteiger partial charge is 0.573 e. The zero-order valence-electron chi connectivity index (χ0n) is 18.0. The fourth-order valence-electron chi connectivity index (χ4n) is 4.15. The predicted molar refractivity (Wildman–Crippen MR) is 120 cm³/mol. The third kappa shape index (κ3) is 4.85. The second kappa shape index (κ2) is 9.23. The lowest BCUT2D eigenvalue weighted by molar-refractivity contribution is -0.274. The molecule has 0 amide bonds. The Morgan fingerprint density at radius 2 is 1.82 bits per heavy atom. The number of aromatic nitrogens is 3. The van der Waals surface area contributed by atoms with Crippen LogP contribution in [0.15, 0.2) is 44.4 Å². The van der Waals surface area contributed by atoms with Gasteiger partial charge in [0.25, 0.3) is 0 Å². The van der Waals surface area contributed by atoms with E-state index in [0.29, 0.717) is 42.5 Å². The van der Waals surface area contributed by atoms with Crippen molar-refractivity contribution < 1.29 is 17.9 Å². The van der Waals surface area contributed by atoms with E-state index in [4.69, 9.17) is 0 Å². The number of nitriles is 1. The van der Waals surface area contributed by atoms with Gasteiger partial charge in [0.1, 0.15) is 11.8 Å². The van der Waals surface area contributed by atoms with Crippen molar-refractivity contribution in [2.45, 2.75) is 31.8 Å². The van der Waals surface area contributed by atoms with Crippen LogP contribution in [0.2, 0.25) is 0 Å². The number of piperidine rings is 1. The van der Waals surface area contributed by atoms with Gasteiger partial charge >= 0.3 is 17.5 Å². The maximum atomic E-state index is 12.9. The van der Waals surface area contributed by atoms with Gasteiger partial charge in [-0.05, 0) is 52.5 Å². The van der Waals surface area contributed by atoms with Crippen molar-refractivity contribution in [2.75, 3.05) is 13.1 Å². The van der Waals surface area contributed by atoms with Crippen LogP contribution < -0.4 is 15.9 Å². The van der Waals surface area contributed by atoms with E-state index in [-0.39, 0.29) is 23.1 Å². The maximum absolute atomic E-state index is 12.9. The summed E-state index contributed by atoms with van der Waals surface area (Å²) in [6, 6.07) is 9.03. The third-order valence-corrected chi connectivity index (χ3v) is 6.43. The molecule has 4 rings (SSSR count). The Balaban J connectivity index is 1.53. The molecular formula is C22H19BrF3N5O3. The van der Waals surface area contributed by atoms with Crippen molar-refractivity contribution in [2.24, 2.45) is 7.05 Å². The van der Waals surface area contributed by atoms with Crippen molar-refractivity contribution in [1.82, 2.24) is 19.0 Å². The molecule has 1 aliphatic rings. The van der Waals surface area contributed by atoms with Crippen LogP contribution in [0.1, 0.15) is 30.1 Å². The number of benzene rings is 1. The van der Waals surface area contributed by atoms with Gasteiger partial charge in [-0.2, -0.15) is 5.26 Å². The fraction of sp³-hybridized carbons (Fsp3) is 0.364. The molecule has 1 saturated heterocycles. The van der Waals surface area contributed by atoms with Crippen molar-refractivity contribution in [1.29, 1.82) is 5.26 Å². The highest BCUT2D eigenvalue weighted by molar-refractivity contribution is 9.10. The molecule has 0 saturated carbocycles. The summed E-state index contributed by atoms with van der Waals surface area (Å²) in [5.41, 5.74) is 0.315. The smallest absolute Gasteiger partial charge is 0.406 e. The van der Waals surface area contributed by atoms with Crippen molar-refractivity contribution in [3.8, 4) is 11.8 Å². The summed E-state index contributed by atoms with van der Waals surface area (Å²) in [5, 5.41) is 9.35. The van der Waals surface area contributed by atoms with E-state index in [1.807, 2.05) is 6.07 Å². The Hall–Kier alpha value is -3.17. The molecule has 1 aromatic carbocycles. The molecule has 2 aromatic heterocycles. The van der Waals surface area contributed by atoms with Gasteiger partial charge in [-0.3, -0.25) is 19.1 Å². The number of nitrogens with zero attached hydrogens (tertiary/aromatic N) is 5. The van der Waals surface area contributed by atoms with E-state index < -0.39 is 17.5 Å². The van der Waals surface area contributed by atoms with Crippen molar-refractivity contribution in [3.05, 3.63) is 66.8 Å². The molecule has 0 N–H and O–H groups in total. The Labute approximate surface area is 199 Å². The summed E-state index contributed by atoms with van der Waals surface area (Å²) in [6.07, 6.45) is -3.60. The number of likely N-dealkylation sites (tertiary alicyclic amines) is 1. The van der Waals surface area contributed by atoms with E-state index >= 15 is 0 Å². The molecule has 0 radical (unpaired) electrons. The Morgan fingerprint density at radius 3 is 2.41 bits per heavy atom. The van der Waals surface area contributed by atoms with Crippen LogP contribution in [-0.4, -0.2) is 38.5 Å². The molecule has 0 aliphatic carbocycles. The lowest BCUT2D eigenvalue weighted by atomic mass is 10.0. The van der Waals surface area contributed by atoms with E-state index in [9.17, 15) is 28.0 Å². The molecule has 0 bridgehead atoms. The number of alkyl halides is 3. The minimum absolute atomic E-state index is 0.120. The van der Waals surface area contributed by atoms with Gasteiger partial charge < -0.3 is 9.30 Å². The van der Waals surface area contributed by atoms with Crippen LogP contribution in [0.4, 0.5) is 13.2 Å². The van der Waals surface area contributed by atoms with Crippen LogP contribution in [0, 0.1) is 11.3 Å². The van der Waals surface area contributed by atoms with Crippen molar-refractivity contribution in [3.63, 3.8) is 0 Å². The number of aryl methyl sites for hydroxylation is 1. The number of ether oxygens (including phenoxy) is 1. The summed E-state index contributed by atoms with van der Waals surface area (Å²) < 4.78 is 43.9. The molecule has 1 fully saturated rings. The maximum Gasteiger partial charge on any atom is 0.573 e. The minimum atomic E-state index is -4.73. The first-order valence-electron chi connectivity index (χ1n) is 10.4. The topological polar surface area (TPSA) is 93.2 Å². The predicted octanol–water partition coefficient (Wildman–Crippen LogP) is 3.47. The van der Waals surface area contributed by atoms with E-state index in [0.717, 1.165) is 5.56 Å². The Bertz CT molecular complexity index is 1390. The van der Waals surface area contributed by atoms with Crippen molar-refractivity contribution >= 4 is 27.1 Å². The first kappa shape index (κ1) is 24.0. The van der Waals surface area contributed by atoms with E-state index in [1.165, 1.54) is 28.3 Å². The monoisotopic (exact) mass is 537 g/mol. The summed E-state index contributed by atoms with van der Waals surface area (Å²) in [7, 11) is 1.49. The zero-order valence-corrected chi connectivity index (χ0v) is 19.6. The number of rotatable bonds is 4. The molecule has 0 atom stereocenters. The molecule has 34 heavy (non-hydrogen) atoms. The average molecular weight is 538 g/mol. The van der Waals surface area contributed by atoms with Gasteiger partial charge in [0.2, 0.25) is 0 Å². The van der Waals surface area contributed by atoms with E-state index in [1.54, 1.807) is 18.2 Å². The van der Waals surface area contributed by atoms with Gasteiger partial charge in [0.05, 0.1) is 9.99 Å². The summed E-state index contributed by atoms with van der Waals surface area (Å²) in [5.74, 6) is -0.275. The van der Waals surface area contributed by atoms with Gasteiger partial charge in [0, 0.05) is 32.7 Å². The van der Waals surface area contributed by atoms with Gasteiger partial charge in [-0.1, -0.05) is 12.1 Å². The number of hydrogen-bond acceptors (Lipinski definition) is 6. The zero-order chi connectivity index (χ0) is 24.6. The molecule has 3 heterocycles.